The number of guanidine groups is 1. The van der Waals surface area contributed by atoms with Crippen LogP contribution in [-0.4, -0.2) is 32.8 Å². The van der Waals surface area contributed by atoms with Crippen molar-refractivity contribution in [3.05, 3.63) is 42.0 Å². The van der Waals surface area contributed by atoms with E-state index in [1.165, 1.54) is 0 Å². The number of anilines is 1. The van der Waals surface area contributed by atoms with Crippen LogP contribution in [0.25, 0.3) is 0 Å². The first-order valence-electron chi connectivity index (χ1n) is 6.61. The molecule has 1 aromatic rings. The predicted molar refractivity (Wildman–Crippen MR) is 85.0 cm³/mol. The number of nitrogens with one attached hydrogen (secondary N) is 2. The Bertz CT molecular complexity index is 440. The molecule has 0 spiro atoms. The highest BCUT2D eigenvalue weighted by Gasteiger charge is 1.95. The minimum atomic E-state index is 0.440. The Balaban J connectivity index is 2.40. The largest absolute Gasteiger partial charge is 0.383 e. The normalized spacial score (nSPS) is 11.2. The van der Waals surface area contributed by atoms with Crippen molar-refractivity contribution in [3.8, 4) is 0 Å². The van der Waals surface area contributed by atoms with E-state index in [1.54, 1.807) is 7.11 Å². The highest BCUT2D eigenvalue weighted by Crippen LogP contribution is 2.09. The summed E-state index contributed by atoms with van der Waals surface area (Å²) < 4.78 is 4.98. The molecular weight excluding hydrogens is 252 g/mol. The third-order valence-corrected chi connectivity index (χ3v) is 2.59. The molecule has 0 radical (unpaired) electrons. The molecule has 0 atom stereocenters. The van der Waals surface area contributed by atoms with Crippen LogP contribution in [0.2, 0.25) is 0 Å². The van der Waals surface area contributed by atoms with Gasteiger partial charge in [0, 0.05) is 25.9 Å². The zero-order valence-corrected chi connectivity index (χ0v) is 12.3. The van der Waals surface area contributed by atoms with Crippen LogP contribution in [-0.2, 0) is 11.3 Å². The van der Waals surface area contributed by atoms with Crippen molar-refractivity contribution in [1.29, 1.82) is 0 Å². The summed E-state index contributed by atoms with van der Waals surface area (Å²) in [6.45, 7) is 8.44. The zero-order valence-electron chi connectivity index (χ0n) is 12.3. The topological polar surface area (TPSA) is 71.7 Å². The molecule has 5 nitrogen and oxygen atoms in total. The van der Waals surface area contributed by atoms with Gasteiger partial charge in [0.25, 0.3) is 0 Å². The Kier molecular flexibility index (Phi) is 7.21. The molecule has 0 unspecified atom stereocenters. The van der Waals surface area contributed by atoms with E-state index >= 15 is 0 Å². The van der Waals surface area contributed by atoms with Gasteiger partial charge in [0.05, 0.1) is 13.2 Å². The van der Waals surface area contributed by atoms with Crippen LogP contribution in [0.15, 0.2) is 41.4 Å². The molecule has 5 heteroatoms. The second-order valence-corrected chi connectivity index (χ2v) is 4.63. The van der Waals surface area contributed by atoms with Crippen LogP contribution in [0.4, 0.5) is 5.69 Å². The Morgan fingerprint density at radius 2 is 2.05 bits per heavy atom. The maximum Gasteiger partial charge on any atom is 0.189 e. The van der Waals surface area contributed by atoms with Gasteiger partial charge in [-0.25, -0.2) is 4.99 Å². The fourth-order valence-electron chi connectivity index (χ4n) is 1.50. The molecule has 0 heterocycles. The first kappa shape index (κ1) is 16.0. The summed E-state index contributed by atoms with van der Waals surface area (Å²) in [5, 5.41) is 6.26. The van der Waals surface area contributed by atoms with E-state index in [0.717, 1.165) is 23.4 Å². The lowest BCUT2D eigenvalue weighted by Gasteiger charge is -2.07. The number of nitrogens with two attached hydrogens (primary N) is 1. The van der Waals surface area contributed by atoms with Crippen LogP contribution in [0.5, 0.6) is 0 Å². The van der Waals surface area contributed by atoms with Crippen molar-refractivity contribution in [3.63, 3.8) is 0 Å². The third kappa shape index (κ3) is 6.80. The van der Waals surface area contributed by atoms with Crippen LogP contribution in [0.3, 0.4) is 0 Å². The molecule has 4 N–H and O–H groups in total. The Morgan fingerprint density at radius 3 is 2.65 bits per heavy atom. The quantitative estimate of drug-likeness (QED) is 0.293. The van der Waals surface area contributed by atoms with Gasteiger partial charge in [0.1, 0.15) is 0 Å². The molecule has 0 saturated heterocycles. The van der Waals surface area contributed by atoms with Gasteiger partial charge in [-0.3, -0.25) is 0 Å². The average Bonchev–Trinajstić information content (AvgIpc) is 2.44. The lowest BCUT2D eigenvalue weighted by atomic mass is 10.2. The van der Waals surface area contributed by atoms with Gasteiger partial charge in [-0.15, -0.1) is 0 Å². The summed E-state index contributed by atoms with van der Waals surface area (Å²) in [6.07, 6.45) is 0. The number of ether oxygens (including phenoxy) is 1. The van der Waals surface area contributed by atoms with E-state index in [0.29, 0.717) is 25.7 Å². The van der Waals surface area contributed by atoms with E-state index in [4.69, 9.17) is 10.5 Å². The highest BCUT2D eigenvalue weighted by atomic mass is 16.5. The highest BCUT2D eigenvalue weighted by molar-refractivity contribution is 5.78. The third-order valence-electron chi connectivity index (χ3n) is 2.59. The zero-order chi connectivity index (χ0) is 14.8. The van der Waals surface area contributed by atoms with E-state index in [-0.39, 0.29) is 0 Å². The average molecular weight is 276 g/mol. The first-order valence-corrected chi connectivity index (χ1v) is 6.61. The lowest BCUT2D eigenvalue weighted by molar-refractivity contribution is 0.211. The van der Waals surface area contributed by atoms with Crippen molar-refractivity contribution < 1.29 is 4.74 Å². The minimum Gasteiger partial charge on any atom is -0.383 e. The molecule has 110 valence electrons. The number of benzene rings is 1. The second kappa shape index (κ2) is 8.98. The van der Waals surface area contributed by atoms with Crippen molar-refractivity contribution in [2.24, 2.45) is 10.7 Å². The summed E-state index contributed by atoms with van der Waals surface area (Å²) in [5.74, 6) is 0.440. The molecule has 0 aliphatic heterocycles. The van der Waals surface area contributed by atoms with Gasteiger partial charge in [0.15, 0.2) is 5.96 Å². The maximum atomic E-state index is 5.75. The minimum absolute atomic E-state index is 0.440. The number of aliphatic imine (C=N–C) groups is 1. The summed E-state index contributed by atoms with van der Waals surface area (Å²) in [5.41, 5.74) is 8.96. The van der Waals surface area contributed by atoms with Crippen molar-refractivity contribution >= 4 is 11.6 Å². The van der Waals surface area contributed by atoms with E-state index in [9.17, 15) is 0 Å². The first-order chi connectivity index (χ1) is 9.61. The SMILES string of the molecule is C=C(C)CNC(N)=NCc1ccc(NCCOC)cc1. The number of hydrogen-bond donors (Lipinski definition) is 3. The summed E-state index contributed by atoms with van der Waals surface area (Å²) >= 11 is 0. The fourth-order valence-corrected chi connectivity index (χ4v) is 1.50. The van der Waals surface area contributed by atoms with E-state index < -0.39 is 0 Å². The molecule has 0 saturated carbocycles. The van der Waals surface area contributed by atoms with Gasteiger partial charge >= 0.3 is 0 Å². The Morgan fingerprint density at radius 1 is 1.35 bits per heavy atom. The standard InChI is InChI=1S/C15H24N4O/c1-12(2)10-18-15(16)19-11-13-4-6-14(7-5-13)17-8-9-20-3/h4-7,17H,1,8-11H2,2-3H3,(H3,16,18,19). The summed E-state index contributed by atoms with van der Waals surface area (Å²) in [4.78, 5) is 4.27. The van der Waals surface area contributed by atoms with Crippen LogP contribution >= 0.6 is 0 Å². The Labute approximate surface area is 120 Å². The van der Waals surface area contributed by atoms with Gasteiger partial charge < -0.3 is 21.1 Å². The fraction of sp³-hybridized carbons (Fsp3) is 0.400. The Hall–Kier alpha value is -2.01. The number of methoxy groups -OCH3 is 1. The monoisotopic (exact) mass is 276 g/mol. The molecule has 1 rings (SSSR count). The van der Waals surface area contributed by atoms with Crippen molar-refractivity contribution in [2.45, 2.75) is 13.5 Å². The lowest BCUT2D eigenvalue weighted by Crippen LogP contribution is -2.32. The predicted octanol–water partition coefficient (Wildman–Crippen LogP) is 1.73. The van der Waals surface area contributed by atoms with Gasteiger partial charge in [-0.1, -0.05) is 24.3 Å². The molecule has 1 aromatic carbocycles. The van der Waals surface area contributed by atoms with Gasteiger partial charge in [-0.05, 0) is 24.6 Å². The number of nitrogens with zero attached hydrogens (tertiary/aromatic N) is 1. The number of hydrogen-bond acceptors (Lipinski definition) is 3. The molecule has 0 fully saturated rings. The smallest absolute Gasteiger partial charge is 0.189 e. The molecule has 0 amide bonds. The van der Waals surface area contributed by atoms with Gasteiger partial charge in [-0.2, -0.15) is 0 Å². The van der Waals surface area contributed by atoms with Crippen LogP contribution in [0.1, 0.15) is 12.5 Å². The molecule has 0 aliphatic rings. The summed E-state index contributed by atoms with van der Waals surface area (Å²) in [7, 11) is 1.69. The number of rotatable bonds is 8. The molecule has 0 aliphatic carbocycles. The van der Waals surface area contributed by atoms with E-state index in [2.05, 4.69) is 22.2 Å². The van der Waals surface area contributed by atoms with Gasteiger partial charge in [0.2, 0.25) is 0 Å². The molecule has 20 heavy (non-hydrogen) atoms. The van der Waals surface area contributed by atoms with Crippen LogP contribution < -0.4 is 16.4 Å². The van der Waals surface area contributed by atoms with E-state index in [1.807, 2.05) is 31.2 Å². The summed E-state index contributed by atoms with van der Waals surface area (Å²) in [6, 6.07) is 8.12. The maximum absolute atomic E-state index is 5.75. The molecule has 0 aromatic heterocycles. The second-order valence-electron chi connectivity index (χ2n) is 4.63. The van der Waals surface area contributed by atoms with Crippen LogP contribution in [0, 0.1) is 0 Å². The van der Waals surface area contributed by atoms with Crippen molar-refractivity contribution in [2.75, 3.05) is 32.1 Å². The molecule has 0 bridgehead atoms. The van der Waals surface area contributed by atoms with Crippen molar-refractivity contribution in [1.82, 2.24) is 5.32 Å². The molecular formula is C15H24N4O.